The average Bonchev–Trinajstić information content (AvgIpc) is 3.09. The highest BCUT2D eigenvalue weighted by atomic mass is 16.7. The molecule has 2 heterocycles. The molecule has 1 aromatic heterocycles. The van der Waals surface area contributed by atoms with Crippen molar-refractivity contribution >= 4 is 34.7 Å². The number of nitrogens with one attached hydrogen (secondary N) is 3. The fraction of sp³-hybridized carbons (Fsp3) is 0.105. The fourth-order valence-electron chi connectivity index (χ4n) is 2.62. The lowest BCUT2D eigenvalue weighted by Gasteiger charge is -2.10. The fourth-order valence-corrected chi connectivity index (χ4v) is 2.62. The third-order valence-corrected chi connectivity index (χ3v) is 3.74. The summed E-state index contributed by atoms with van der Waals surface area (Å²) in [7, 11) is 0. The van der Waals surface area contributed by atoms with Crippen LogP contribution in [0.4, 0.5) is 28.8 Å². The van der Waals surface area contributed by atoms with E-state index < -0.39 is 0 Å². The van der Waals surface area contributed by atoms with Gasteiger partial charge >= 0.3 is 0 Å². The Bertz CT molecular complexity index is 993. The summed E-state index contributed by atoms with van der Waals surface area (Å²) in [4.78, 5) is 19.9. The molecule has 8 nitrogen and oxygen atoms in total. The van der Waals surface area contributed by atoms with Crippen molar-refractivity contribution in [3.05, 3.63) is 54.7 Å². The Hall–Kier alpha value is -3.81. The maximum Gasteiger partial charge on any atom is 0.231 e. The van der Waals surface area contributed by atoms with Crippen LogP contribution in [0.5, 0.6) is 11.5 Å². The van der Waals surface area contributed by atoms with Crippen molar-refractivity contribution in [1.29, 1.82) is 0 Å². The molecule has 27 heavy (non-hydrogen) atoms. The number of fused-ring (bicyclic) bond motifs is 1. The number of hydrogen-bond donors (Lipinski definition) is 3. The summed E-state index contributed by atoms with van der Waals surface area (Å²) in [6, 6.07) is 14.7. The van der Waals surface area contributed by atoms with Crippen molar-refractivity contribution in [1.82, 2.24) is 9.97 Å². The molecule has 136 valence electrons. The van der Waals surface area contributed by atoms with Crippen molar-refractivity contribution in [2.75, 3.05) is 22.7 Å². The van der Waals surface area contributed by atoms with Gasteiger partial charge in [-0.25, -0.2) is 4.98 Å². The van der Waals surface area contributed by atoms with Gasteiger partial charge < -0.3 is 25.4 Å². The summed E-state index contributed by atoms with van der Waals surface area (Å²) < 4.78 is 10.7. The Balaban J connectivity index is 1.48. The zero-order chi connectivity index (χ0) is 18.6. The van der Waals surface area contributed by atoms with Gasteiger partial charge in [0.05, 0.1) is 0 Å². The topological polar surface area (TPSA) is 97.4 Å². The summed E-state index contributed by atoms with van der Waals surface area (Å²) in [6.45, 7) is 1.70. The minimum atomic E-state index is -0.121. The molecule has 0 saturated carbocycles. The molecule has 1 amide bonds. The largest absolute Gasteiger partial charge is 0.454 e. The number of nitrogens with zero attached hydrogens (tertiary/aromatic N) is 2. The number of benzene rings is 2. The van der Waals surface area contributed by atoms with Gasteiger partial charge in [-0.2, -0.15) is 4.98 Å². The highest BCUT2D eigenvalue weighted by Gasteiger charge is 2.13. The lowest BCUT2D eigenvalue weighted by atomic mass is 10.2. The Morgan fingerprint density at radius 3 is 2.67 bits per heavy atom. The molecule has 0 saturated heterocycles. The quantitative estimate of drug-likeness (QED) is 0.636. The number of hydrogen-bond acceptors (Lipinski definition) is 7. The van der Waals surface area contributed by atoms with E-state index in [9.17, 15) is 4.79 Å². The molecular weight excluding hydrogens is 346 g/mol. The Kier molecular flexibility index (Phi) is 4.44. The van der Waals surface area contributed by atoms with Crippen molar-refractivity contribution in [2.45, 2.75) is 6.92 Å². The summed E-state index contributed by atoms with van der Waals surface area (Å²) in [5, 5.41) is 9.09. The van der Waals surface area contributed by atoms with Crippen molar-refractivity contribution in [3.8, 4) is 11.5 Å². The molecule has 0 radical (unpaired) electrons. The number of aromatic nitrogens is 2. The smallest absolute Gasteiger partial charge is 0.231 e. The van der Waals surface area contributed by atoms with Gasteiger partial charge in [0.15, 0.2) is 11.5 Å². The maximum absolute atomic E-state index is 11.2. The van der Waals surface area contributed by atoms with E-state index in [1.165, 1.54) is 6.92 Å². The lowest BCUT2D eigenvalue weighted by molar-refractivity contribution is -0.114. The van der Waals surface area contributed by atoms with Crippen LogP contribution in [-0.2, 0) is 4.79 Å². The molecule has 8 heteroatoms. The molecule has 1 aliphatic rings. The second kappa shape index (κ2) is 7.20. The zero-order valence-electron chi connectivity index (χ0n) is 14.5. The molecule has 2 aromatic carbocycles. The molecular formula is C19H17N5O3. The van der Waals surface area contributed by atoms with Gasteiger partial charge in [0.1, 0.15) is 5.82 Å². The first kappa shape index (κ1) is 16.6. The first-order valence-electron chi connectivity index (χ1n) is 8.30. The van der Waals surface area contributed by atoms with Crippen LogP contribution >= 0.6 is 0 Å². The van der Waals surface area contributed by atoms with Gasteiger partial charge in [-0.3, -0.25) is 4.79 Å². The minimum absolute atomic E-state index is 0.121. The summed E-state index contributed by atoms with van der Waals surface area (Å²) in [5.74, 6) is 2.34. The molecule has 0 atom stereocenters. The first-order valence-corrected chi connectivity index (χ1v) is 8.30. The predicted molar refractivity (Wildman–Crippen MR) is 102 cm³/mol. The Morgan fingerprint density at radius 2 is 1.78 bits per heavy atom. The van der Waals surface area contributed by atoms with Crippen molar-refractivity contribution in [2.24, 2.45) is 0 Å². The van der Waals surface area contributed by atoms with Gasteiger partial charge in [-0.15, -0.1) is 0 Å². The van der Waals surface area contributed by atoms with Gasteiger partial charge in [0.25, 0.3) is 0 Å². The SMILES string of the molecule is CC(=O)Nc1cccc(Nc2ccnc(Nc3ccc4c(c3)OCO4)n2)c1. The lowest BCUT2D eigenvalue weighted by Crippen LogP contribution is -2.06. The number of ether oxygens (including phenoxy) is 2. The molecule has 0 fully saturated rings. The molecule has 3 N–H and O–H groups in total. The predicted octanol–water partition coefficient (Wildman–Crippen LogP) is 3.65. The number of amides is 1. The summed E-state index contributed by atoms with van der Waals surface area (Å²) >= 11 is 0. The zero-order valence-corrected chi connectivity index (χ0v) is 14.5. The second-order valence-corrected chi connectivity index (χ2v) is 5.85. The third-order valence-electron chi connectivity index (χ3n) is 3.74. The maximum atomic E-state index is 11.2. The first-order chi connectivity index (χ1) is 13.2. The van der Waals surface area contributed by atoms with Gasteiger partial charge in [-0.05, 0) is 36.4 Å². The van der Waals surface area contributed by atoms with Crippen molar-refractivity contribution in [3.63, 3.8) is 0 Å². The highest BCUT2D eigenvalue weighted by Crippen LogP contribution is 2.34. The normalized spacial score (nSPS) is 11.7. The van der Waals surface area contributed by atoms with Gasteiger partial charge in [0, 0.05) is 36.2 Å². The van der Waals surface area contributed by atoms with Crippen LogP contribution in [0.1, 0.15) is 6.92 Å². The molecule has 0 unspecified atom stereocenters. The van der Waals surface area contributed by atoms with Crippen LogP contribution < -0.4 is 25.4 Å². The van der Waals surface area contributed by atoms with E-state index in [0.29, 0.717) is 23.2 Å². The van der Waals surface area contributed by atoms with Crippen LogP contribution in [0, 0.1) is 0 Å². The molecule has 3 aromatic rings. The van der Waals surface area contributed by atoms with Crippen LogP contribution in [0.3, 0.4) is 0 Å². The second-order valence-electron chi connectivity index (χ2n) is 5.85. The van der Waals surface area contributed by atoms with E-state index in [4.69, 9.17) is 9.47 Å². The summed E-state index contributed by atoms with van der Waals surface area (Å²) in [5.41, 5.74) is 2.30. The number of anilines is 5. The van der Waals surface area contributed by atoms with Gasteiger partial charge in [-0.1, -0.05) is 6.07 Å². The molecule has 0 spiro atoms. The highest BCUT2D eigenvalue weighted by molar-refractivity contribution is 5.89. The van der Waals surface area contributed by atoms with Crippen LogP contribution in [0.15, 0.2) is 54.7 Å². The van der Waals surface area contributed by atoms with E-state index >= 15 is 0 Å². The number of carbonyl (C=O) groups is 1. The van der Waals surface area contributed by atoms with Crippen LogP contribution in [-0.4, -0.2) is 22.7 Å². The van der Waals surface area contributed by atoms with Crippen LogP contribution in [0.2, 0.25) is 0 Å². The monoisotopic (exact) mass is 363 g/mol. The minimum Gasteiger partial charge on any atom is -0.454 e. The number of rotatable bonds is 5. The van der Waals surface area contributed by atoms with Crippen LogP contribution in [0.25, 0.3) is 0 Å². The Morgan fingerprint density at radius 1 is 0.963 bits per heavy atom. The van der Waals surface area contributed by atoms with E-state index in [-0.39, 0.29) is 12.7 Å². The molecule has 0 aliphatic carbocycles. The standard InChI is InChI=1S/C19H17N5O3/c1-12(25)21-13-3-2-4-14(9-13)22-18-7-8-20-19(24-18)23-15-5-6-16-17(10-15)27-11-26-16/h2-10H,11H2,1H3,(H,21,25)(H2,20,22,23,24). The third kappa shape index (κ3) is 4.06. The Labute approximate surface area is 155 Å². The van der Waals surface area contributed by atoms with E-state index in [1.54, 1.807) is 12.3 Å². The average molecular weight is 363 g/mol. The summed E-state index contributed by atoms with van der Waals surface area (Å²) in [6.07, 6.45) is 1.66. The molecule has 4 rings (SSSR count). The van der Waals surface area contributed by atoms with Gasteiger partial charge in [0.2, 0.25) is 18.6 Å². The molecule has 0 bridgehead atoms. The van der Waals surface area contributed by atoms with E-state index in [0.717, 1.165) is 17.1 Å². The number of carbonyl (C=O) groups excluding carboxylic acids is 1. The van der Waals surface area contributed by atoms with E-state index in [2.05, 4.69) is 25.9 Å². The van der Waals surface area contributed by atoms with Crippen molar-refractivity contribution < 1.29 is 14.3 Å². The molecule has 1 aliphatic heterocycles. The van der Waals surface area contributed by atoms with E-state index in [1.807, 2.05) is 42.5 Å².